The summed E-state index contributed by atoms with van der Waals surface area (Å²) >= 11 is 0. The van der Waals surface area contributed by atoms with E-state index in [9.17, 15) is 19.2 Å². The van der Waals surface area contributed by atoms with Crippen LogP contribution in [0, 0.1) is 0 Å². The van der Waals surface area contributed by atoms with Gasteiger partial charge in [-0.15, -0.1) is 0 Å². The molecule has 0 bridgehead atoms. The van der Waals surface area contributed by atoms with Gasteiger partial charge in [0, 0.05) is 24.2 Å². The molecule has 2 aromatic rings. The van der Waals surface area contributed by atoms with Gasteiger partial charge in [-0.1, -0.05) is 30.3 Å². The Bertz CT molecular complexity index is 1300. The summed E-state index contributed by atoms with van der Waals surface area (Å²) in [5.74, 6) is -1.02. The Labute approximate surface area is 215 Å². The van der Waals surface area contributed by atoms with Gasteiger partial charge in [-0.3, -0.25) is 19.7 Å². The van der Waals surface area contributed by atoms with Crippen LogP contribution in [0.4, 0.5) is 10.5 Å². The molecule has 1 saturated heterocycles. The lowest BCUT2D eigenvalue weighted by Gasteiger charge is -2.29. The van der Waals surface area contributed by atoms with Crippen LogP contribution in [0.1, 0.15) is 60.2 Å². The molecule has 0 aliphatic carbocycles. The second-order valence-corrected chi connectivity index (χ2v) is 10.1. The van der Waals surface area contributed by atoms with E-state index in [1.807, 2.05) is 26.0 Å². The number of rotatable bonds is 5. The summed E-state index contributed by atoms with van der Waals surface area (Å²) in [7, 11) is 0. The van der Waals surface area contributed by atoms with Gasteiger partial charge in [0.1, 0.15) is 6.04 Å². The van der Waals surface area contributed by atoms with Crippen LogP contribution in [0.25, 0.3) is 5.57 Å². The number of carbonyl (C=O) groups is 4. The van der Waals surface area contributed by atoms with Crippen LogP contribution in [0.2, 0.25) is 0 Å². The lowest BCUT2D eigenvalue weighted by molar-refractivity contribution is -0.136. The number of urea groups is 1. The van der Waals surface area contributed by atoms with Gasteiger partial charge in [0.25, 0.3) is 5.91 Å². The van der Waals surface area contributed by atoms with Gasteiger partial charge in [-0.2, -0.15) is 0 Å². The summed E-state index contributed by atoms with van der Waals surface area (Å²) in [6.07, 6.45) is 3.50. The first-order valence-corrected chi connectivity index (χ1v) is 12.5. The molecular formula is C28H30N4O5. The number of imide groups is 1. The minimum atomic E-state index is -0.674. The number of anilines is 1. The average Bonchev–Trinajstić information content (AvgIpc) is 3.19. The molecule has 9 nitrogen and oxygen atoms in total. The van der Waals surface area contributed by atoms with Crippen molar-refractivity contribution >= 4 is 35.0 Å². The molecule has 192 valence electrons. The van der Waals surface area contributed by atoms with Crippen molar-refractivity contribution in [2.75, 3.05) is 18.5 Å². The van der Waals surface area contributed by atoms with Gasteiger partial charge in [0.05, 0.1) is 18.8 Å². The number of carbonyl (C=O) groups excluding carboxylic acids is 4. The van der Waals surface area contributed by atoms with Gasteiger partial charge in [0.15, 0.2) is 0 Å². The first-order valence-electron chi connectivity index (χ1n) is 12.5. The van der Waals surface area contributed by atoms with Crippen molar-refractivity contribution in [1.29, 1.82) is 0 Å². The molecule has 0 aromatic heterocycles. The van der Waals surface area contributed by atoms with E-state index in [0.717, 1.165) is 29.7 Å². The molecule has 5 rings (SSSR count). The molecule has 1 unspecified atom stereocenters. The van der Waals surface area contributed by atoms with Crippen LogP contribution in [0.15, 0.2) is 48.5 Å². The number of hydrogen-bond acceptors (Lipinski definition) is 5. The highest BCUT2D eigenvalue weighted by Gasteiger charge is 2.39. The van der Waals surface area contributed by atoms with E-state index in [-0.39, 0.29) is 30.8 Å². The zero-order valence-corrected chi connectivity index (χ0v) is 20.9. The molecule has 3 heterocycles. The maximum absolute atomic E-state index is 12.9. The van der Waals surface area contributed by atoms with E-state index >= 15 is 0 Å². The minimum Gasteiger partial charge on any atom is -0.377 e. The third-order valence-electron chi connectivity index (χ3n) is 7.15. The van der Waals surface area contributed by atoms with Crippen LogP contribution in [0.5, 0.6) is 0 Å². The van der Waals surface area contributed by atoms with Crippen LogP contribution in [-0.2, 0) is 26.4 Å². The Hall–Kier alpha value is -3.98. The molecule has 37 heavy (non-hydrogen) atoms. The molecule has 3 aliphatic rings. The van der Waals surface area contributed by atoms with E-state index < -0.39 is 17.5 Å². The summed E-state index contributed by atoms with van der Waals surface area (Å²) in [6, 6.07) is 12.2. The highest BCUT2D eigenvalue weighted by Crippen LogP contribution is 2.30. The minimum absolute atomic E-state index is 0.203. The van der Waals surface area contributed by atoms with Gasteiger partial charge in [0.2, 0.25) is 11.8 Å². The molecule has 0 spiro atoms. The Kier molecular flexibility index (Phi) is 6.55. The summed E-state index contributed by atoms with van der Waals surface area (Å²) in [4.78, 5) is 50.9. The fraction of sp³-hybridized carbons (Fsp3) is 0.357. The normalized spacial score (nSPS) is 19.7. The van der Waals surface area contributed by atoms with Crippen LogP contribution in [0.3, 0.4) is 0 Å². The SMILES string of the molecule is CC(C)(NC(=O)Nc1ccc2c(c1)CN(C1CCC(=O)NC1=O)C2=O)c1ccc(C2=CCOCC2)cc1. The predicted octanol–water partition coefficient (Wildman–Crippen LogP) is 3.31. The van der Waals surface area contributed by atoms with Gasteiger partial charge >= 0.3 is 6.03 Å². The maximum atomic E-state index is 12.9. The zero-order chi connectivity index (χ0) is 26.2. The molecule has 0 saturated carbocycles. The number of fused-ring (bicyclic) bond motifs is 1. The second kappa shape index (κ2) is 9.82. The number of amides is 5. The number of piperidine rings is 1. The second-order valence-electron chi connectivity index (χ2n) is 10.1. The molecule has 3 N–H and O–H groups in total. The first-order chi connectivity index (χ1) is 17.7. The van der Waals surface area contributed by atoms with Crippen molar-refractivity contribution in [3.05, 3.63) is 70.8 Å². The molecular weight excluding hydrogens is 472 g/mol. The third-order valence-corrected chi connectivity index (χ3v) is 7.15. The lowest BCUT2D eigenvalue weighted by Crippen LogP contribution is -2.52. The van der Waals surface area contributed by atoms with Crippen molar-refractivity contribution in [3.63, 3.8) is 0 Å². The van der Waals surface area contributed by atoms with Crippen molar-refractivity contribution < 1.29 is 23.9 Å². The molecule has 0 radical (unpaired) electrons. The van der Waals surface area contributed by atoms with Crippen molar-refractivity contribution in [1.82, 2.24) is 15.5 Å². The number of nitrogens with one attached hydrogen (secondary N) is 3. The topological polar surface area (TPSA) is 117 Å². The Morgan fingerprint density at radius 3 is 2.57 bits per heavy atom. The van der Waals surface area contributed by atoms with E-state index in [1.54, 1.807) is 18.2 Å². The molecule has 9 heteroatoms. The van der Waals surface area contributed by atoms with Gasteiger partial charge < -0.3 is 20.3 Å². The standard InChI is InChI=1S/C28H30N4O5/c1-28(2,20-5-3-17(4-6-20)18-11-13-37-14-12-18)31-27(36)29-21-7-8-22-19(15-21)16-32(26(22)35)23-9-10-24(33)30-25(23)34/h3-8,11,15,23H,9-10,12-14,16H2,1-2H3,(H2,29,31,36)(H,30,33,34). The molecule has 3 aliphatic heterocycles. The molecule has 5 amide bonds. The summed E-state index contributed by atoms with van der Waals surface area (Å²) in [5, 5.41) is 8.18. The van der Waals surface area contributed by atoms with E-state index in [4.69, 9.17) is 4.74 Å². The van der Waals surface area contributed by atoms with Crippen LogP contribution in [-0.4, -0.2) is 47.9 Å². The van der Waals surface area contributed by atoms with E-state index in [0.29, 0.717) is 24.3 Å². The maximum Gasteiger partial charge on any atom is 0.319 e. The fourth-order valence-electron chi connectivity index (χ4n) is 5.06. The number of ether oxygens (including phenoxy) is 1. The number of hydrogen-bond donors (Lipinski definition) is 3. The highest BCUT2D eigenvalue weighted by molar-refractivity contribution is 6.05. The molecule has 2 aromatic carbocycles. The summed E-state index contributed by atoms with van der Waals surface area (Å²) in [5.41, 5.74) is 4.55. The first kappa shape index (κ1) is 24.7. The van der Waals surface area contributed by atoms with E-state index in [1.165, 1.54) is 10.5 Å². The van der Waals surface area contributed by atoms with Crippen molar-refractivity contribution in [2.45, 2.75) is 51.2 Å². The Morgan fingerprint density at radius 1 is 1.08 bits per heavy atom. The molecule has 1 atom stereocenters. The monoisotopic (exact) mass is 502 g/mol. The van der Waals surface area contributed by atoms with Crippen LogP contribution < -0.4 is 16.0 Å². The Morgan fingerprint density at radius 2 is 1.86 bits per heavy atom. The van der Waals surface area contributed by atoms with Gasteiger partial charge in [-0.25, -0.2) is 4.79 Å². The largest absolute Gasteiger partial charge is 0.377 e. The highest BCUT2D eigenvalue weighted by atomic mass is 16.5. The average molecular weight is 503 g/mol. The van der Waals surface area contributed by atoms with Gasteiger partial charge in [-0.05, 0) is 67.2 Å². The zero-order valence-electron chi connectivity index (χ0n) is 20.9. The van der Waals surface area contributed by atoms with Crippen molar-refractivity contribution in [3.8, 4) is 0 Å². The number of benzene rings is 2. The lowest BCUT2D eigenvalue weighted by atomic mass is 9.91. The smallest absolute Gasteiger partial charge is 0.319 e. The van der Waals surface area contributed by atoms with E-state index in [2.05, 4.69) is 34.2 Å². The third kappa shape index (κ3) is 5.13. The Balaban J connectivity index is 1.23. The number of nitrogens with zero attached hydrogens (tertiary/aromatic N) is 1. The summed E-state index contributed by atoms with van der Waals surface area (Å²) < 4.78 is 5.39. The quantitative estimate of drug-likeness (QED) is 0.543. The molecule has 1 fully saturated rings. The predicted molar refractivity (Wildman–Crippen MR) is 138 cm³/mol. The summed E-state index contributed by atoms with van der Waals surface area (Å²) in [6.45, 7) is 5.49. The fourth-order valence-corrected chi connectivity index (χ4v) is 5.06. The van der Waals surface area contributed by atoms with Crippen molar-refractivity contribution in [2.24, 2.45) is 0 Å². The van der Waals surface area contributed by atoms with Crippen LogP contribution >= 0.6 is 0 Å².